The monoisotopic (exact) mass is 338 g/mol. The Balaban J connectivity index is 2.65. The summed E-state index contributed by atoms with van der Waals surface area (Å²) >= 11 is 0. The zero-order chi connectivity index (χ0) is 18.1. The fourth-order valence-corrected chi connectivity index (χ4v) is 3.38. The lowest BCUT2D eigenvalue weighted by Crippen LogP contribution is -2.55. The molecule has 2 rings (SSSR count). The van der Waals surface area contributed by atoms with Crippen molar-refractivity contribution in [1.29, 1.82) is 0 Å². The van der Waals surface area contributed by atoms with E-state index >= 15 is 0 Å². The number of hydrogen-bond acceptors (Lipinski definition) is 6. The highest BCUT2D eigenvalue weighted by molar-refractivity contribution is 6.02. The van der Waals surface area contributed by atoms with Gasteiger partial charge >= 0.3 is 11.9 Å². The molecule has 0 spiro atoms. The molecule has 6 nitrogen and oxygen atoms in total. The molecule has 0 aliphatic heterocycles. The lowest BCUT2D eigenvalue weighted by atomic mass is 9.62. The van der Waals surface area contributed by atoms with Crippen LogP contribution in [0.15, 0.2) is 24.3 Å². The minimum absolute atomic E-state index is 0.245. The highest BCUT2D eigenvalue weighted by Gasteiger charge is 2.56. The minimum Gasteiger partial charge on any atom is -0.469 e. The van der Waals surface area contributed by atoms with Crippen molar-refractivity contribution in [2.45, 2.75) is 24.9 Å². The van der Waals surface area contributed by atoms with Gasteiger partial charge in [0.1, 0.15) is 11.7 Å². The predicted molar refractivity (Wildman–Crippen MR) is 80.4 cm³/mol. The van der Waals surface area contributed by atoms with E-state index in [1.54, 1.807) is 0 Å². The summed E-state index contributed by atoms with van der Waals surface area (Å²) in [5.74, 6) is -6.39. The van der Waals surface area contributed by atoms with Gasteiger partial charge in [-0.1, -0.05) is 12.1 Å². The first-order valence-electron chi connectivity index (χ1n) is 7.39. The lowest BCUT2D eigenvalue weighted by Gasteiger charge is -2.43. The molecule has 1 saturated carbocycles. The summed E-state index contributed by atoms with van der Waals surface area (Å²) in [5.41, 5.74) is -1.49. The van der Waals surface area contributed by atoms with E-state index in [2.05, 4.69) is 4.74 Å². The zero-order valence-corrected chi connectivity index (χ0v) is 13.6. The van der Waals surface area contributed by atoms with E-state index < -0.39 is 53.3 Å². The zero-order valence-electron chi connectivity index (χ0n) is 13.6. The largest absolute Gasteiger partial charge is 0.469 e. The molecule has 24 heavy (non-hydrogen) atoms. The van der Waals surface area contributed by atoms with E-state index in [0.717, 1.165) is 20.3 Å². The third kappa shape index (κ3) is 3.17. The number of esters is 2. The Bertz CT molecular complexity index is 669. The lowest BCUT2D eigenvalue weighted by molar-refractivity contribution is -0.170. The standard InChI is InChI=1S/C17H19FO6/c1-17(22)8-11(19)13(15(20)23-2)12(14(17)16(21)24-3)9-5-4-6-10(18)7-9/h4-7,12-14,22H,8H2,1-3H3/t12-,13+,14+,17-/m1/s1. The van der Waals surface area contributed by atoms with Gasteiger partial charge in [-0.3, -0.25) is 14.4 Å². The van der Waals surface area contributed by atoms with Crippen molar-refractivity contribution in [2.24, 2.45) is 11.8 Å². The predicted octanol–water partition coefficient (Wildman–Crippen LogP) is 1.21. The first-order chi connectivity index (χ1) is 11.2. The Morgan fingerprint density at radius 3 is 2.42 bits per heavy atom. The Labute approximate surface area is 138 Å². The molecular weight excluding hydrogens is 319 g/mol. The third-order valence-electron chi connectivity index (χ3n) is 4.41. The molecule has 1 aromatic rings. The fraction of sp³-hybridized carbons (Fsp3) is 0.471. The van der Waals surface area contributed by atoms with E-state index in [0.29, 0.717) is 0 Å². The van der Waals surface area contributed by atoms with E-state index in [-0.39, 0.29) is 5.56 Å². The molecular formula is C17H19FO6. The number of ketones is 1. The van der Waals surface area contributed by atoms with Gasteiger partial charge in [0.15, 0.2) is 5.78 Å². The van der Waals surface area contributed by atoms with Crippen LogP contribution in [0.5, 0.6) is 0 Å². The van der Waals surface area contributed by atoms with Crippen molar-refractivity contribution in [3.63, 3.8) is 0 Å². The van der Waals surface area contributed by atoms with Gasteiger partial charge in [0.25, 0.3) is 0 Å². The average Bonchev–Trinajstić information content (AvgIpc) is 2.52. The van der Waals surface area contributed by atoms with Crippen molar-refractivity contribution in [1.82, 2.24) is 0 Å². The second kappa shape index (κ2) is 6.68. The molecule has 1 aliphatic carbocycles. The van der Waals surface area contributed by atoms with Gasteiger partial charge in [0.2, 0.25) is 0 Å². The molecule has 0 aromatic heterocycles. The summed E-state index contributed by atoms with van der Waals surface area (Å²) in [6.07, 6.45) is -0.404. The molecule has 1 aliphatic rings. The van der Waals surface area contributed by atoms with Gasteiger partial charge in [0, 0.05) is 12.3 Å². The van der Waals surface area contributed by atoms with E-state index in [1.165, 1.54) is 25.1 Å². The summed E-state index contributed by atoms with van der Waals surface area (Å²) in [5, 5.41) is 10.6. The topological polar surface area (TPSA) is 89.9 Å². The Hall–Kier alpha value is -2.28. The van der Waals surface area contributed by atoms with E-state index in [9.17, 15) is 23.9 Å². The number of rotatable bonds is 3. The first-order valence-corrected chi connectivity index (χ1v) is 7.39. The number of methoxy groups -OCH3 is 2. The first kappa shape index (κ1) is 18.1. The van der Waals surface area contributed by atoms with Crippen LogP contribution in [0.25, 0.3) is 0 Å². The number of Topliss-reactive ketones (excluding diaryl/α,β-unsaturated/α-hetero) is 1. The van der Waals surface area contributed by atoms with Gasteiger partial charge < -0.3 is 14.6 Å². The van der Waals surface area contributed by atoms with Crippen molar-refractivity contribution < 1.29 is 33.4 Å². The van der Waals surface area contributed by atoms with Crippen LogP contribution in [-0.2, 0) is 23.9 Å². The van der Waals surface area contributed by atoms with E-state index in [1.807, 2.05) is 0 Å². The van der Waals surface area contributed by atoms with Gasteiger partial charge in [0.05, 0.1) is 25.7 Å². The molecule has 1 N–H and O–H groups in total. The van der Waals surface area contributed by atoms with Gasteiger partial charge in [-0.2, -0.15) is 0 Å². The van der Waals surface area contributed by atoms with Crippen molar-refractivity contribution in [3.8, 4) is 0 Å². The van der Waals surface area contributed by atoms with Gasteiger partial charge in [-0.05, 0) is 24.6 Å². The molecule has 1 fully saturated rings. The number of ether oxygens (including phenoxy) is 2. The molecule has 4 atom stereocenters. The van der Waals surface area contributed by atoms with Crippen LogP contribution in [0, 0.1) is 17.7 Å². The second-order valence-corrected chi connectivity index (χ2v) is 6.08. The van der Waals surface area contributed by atoms with Crippen molar-refractivity contribution >= 4 is 17.7 Å². The maximum atomic E-state index is 13.7. The smallest absolute Gasteiger partial charge is 0.316 e. The summed E-state index contributed by atoms with van der Waals surface area (Å²) in [6.45, 7) is 1.33. The molecule has 7 heteroatoms. The van der Waals surface area contributed by atoms with Crippen LogP contribution in [0.1, 0.15) is 24.8 Å². The number of halogens is 1. The normalized spacial score (nSPS) is 29.9. The van der Waals surface area contributed by atoms with Crippen molar-refractivity contribution in [2.75, 3.05) is 14.2 Å². The molecule has 0 unspecified atom stereocenters. The van der Waals surface area contributed by atoms with Crippen LogP contribution >= 0.6 is 0 Å². The number of hydrogen-bond donors (Lipinski definition) is 1. The maximum Gasteiger partial charge on any atom is 0.316 e. The fourth-order valence-electron chi connectivity index (χ4n) is 3.38. The van der Waals surface area contributed by atoms with E-state index in [4.69, 9.17) is 4.74 Å². The average molecular weight is 338 g/mol. The molecule has 1 aromatic carbocycles. The molecule has 0 amide bonds. The Kier molecular flexibility index (Phi) is 5.03. The highest BCUT2D eigenvalue weighted by Crippen LogP contribution is 2.46. The summed E-state index contributed by atoms with van der Waals surface area (Å²) < 4.78 is 23.1. The summed E-state index contributed by atoms with van der Waals surface area (Å²) in [6, 6.07) is 5.23. The van der Waals surface area contributed by atoms with Gasteiger partial charge in [-0.25, -0.2) is 4.39 Å². The molecule has 130 valence electrons. The highest BCUT2D eigenvalue weighted by atomic mass is 19.1. The third-order valence-corrected chi connectivity index (χ3v) is 4.41. The van der Waals surface area contributed by atoms with Crippen molar-refractivity contribution in [3.05, 3.63) is 35.6 Å². The Morgan fingerprint density at radius 2 is 1.88 bits per heavy atom. The van der Waals surface area contributed by atoms with Gasteiger partial charge in [-0.15, -0.1) is 0 Å². The number of carbonyl (C=O) groups excluding carboxylic acids is 3. The van der Waals surface area contributed by atoms with Crippen LogP contribution in [0.2, 0.25) is 0 Å². The molecule has 0 heterocycles. The maximum absolute atomic E-state index is 13.7. The minimum atomic E-state index is -1.73. The summed E-state index contributed by atoms with van der Waals surface area (Å²) in [4.78, 5) is 36.8. The van der Waals surface area contributed by atoms with Crippen LogP contribution < -0.4 is 0 Å². The van der Waals surface area contributed by atoms with Crippen LogP contribution in [0.4, 0.5) is 4.39 Å². The molecule has 0 radical (unpaired) electrons. The summed E-state index contributed by atoms with van der Waals surface area (Å²) in [7, 11) is 2.27. The number of carbonyl (C=O) groups is 3. The van der Waals surface area contributed by atoms with Crippen LogP contribution in [-0.4, -0.2) is 42.6 Å². The second-order valence-electron chi connectivity index (χ2n) is 6.08. The number of benzene rings is 1. The molecule has 0 saturated heterocycles. The number of aliphatic hydroxyl groups is 1. The van der Waals surface area contributed by atoms with Crippen LogP contribution in [0.3, 0.4) is 0 Å². The Morgan fingerprint density at radius 1 is 1.25 bits per heavy atom. The molecule has 0 bridgehead atoms. The quantitative estimate of drug-likeness (QED) is 0.658. The SMILES string of the molecule is COC(=O)[C@H]1C(=O)C[C@@](C)(O)[C@H](C(=O)OC)[C@@H]1c1cccc(F)c1.